The molecule has 2 aromatic rings. The van der Waals surface area contributed by atoms with Crippen molar-refractivity contribution < 1.29 is 17.5 Å². The van der Waals surface area contributed by atoms with Crippen LogP contribution in [0.5, 0.6) is 0 Å². The average molecular weight is 429 g/mol. The molecule has 28 heavy (non-hydrogen) atoms. The van der Waals surface area contributed by atoms with Crippen molar-refractivity contribution in [2.45, 2.75) is 63.2 Å². The van der Waals surface area contributed by atoms with E-state index in [9.17, 15) is 12.8 Å². The van der Waals surface area contributed by atoms with Gasteiger partial charge >= 0.3 is 0 Å². The number of aryl methyl sites for hydroxylation is 1. The third-order valence-corrected chi connectivity index (χ3v) is 6.79. The first-order valence-corrected chi connectivity index (χ1v) is 11.8. The van der Waals surface area contributed by atoms with Gasteiger partial charge in [-0.3, -0.25) is 0 Å². The van der Waals surface area contributed by atoms with Gasteiger partial charge in [-0.15, -0.1) is 0 Å². The lowest BCUT2D eigenvalue weighted by Crippen LogP contribution is -2.24. The number of sulfone groups is 1. The second-order valence-electron chi connectivity index (χ2n) is 7.57. The second kappa shape index (κ2) is 8.51. The highest BCUT2D eigenvalue weighted by Crippen LogP contribution is 2.35. The molecule has 0 bridgehead atoms. The zero-order chi connectivity index (χ0) is 20.5. The maximum atomic E-state index is 13.7. The quantitative estimate of drug-likeness (QED) is 0.703. The van der Waals surface area contributed by atoms with E-state index in [1.807, 2.05) is 0 Å². The number of halogens is 2. The van der Waals surface area contributed by atoms with E-state index in [1.54, 1.807) is 13.0 Å². The summed E-state index contributed by atoms with van der Waals surface area (Å²) < 4.78 is 44.0. The summed E-state index contributed by atoms with van der Waals surface area (Å²) in [6, 6.07) is 4.40. The Bertz CT molecular complexity index is 937. The molecule has 8 heteroatoms. The predicted octanol–water partition coefficient (Wildman–Crippen LogP) is 4.99. The Labute approximate surface area is 170 Å². The molecule has 1 aromatic carbocycles. The van der Waals surface area contributed by atoms with Gasteiger partial charge in [-0.2, -0.15) is 0 Å². The minimum Gasteiger partial charge on any atom is -0.362 e. The van der Waals surface area contributed by atoms with Crippen LogP contribution in [-0.4, -0.2) is 30.7 Å². The number of H-pyrrole nitrogens is 1. The Kier molecular flexibility index (Phi) is 6.47. The molecule has 1 N–H and O–H groups in total. The molecule has 3 rings (SSSR count). The van der Waals surface area contributed by atoms with E-state index >= 15 is 0 Å². The lowest BCUT2D eigenvalue weighted by Gasteiger charge is -2.30. The van der Waals surface area contributed by atoms with Crippen molar-refractivity contribution in [3.63, 3.8) is 0 Å². The summed E-state index contributed by atoms with van der Waals surface area (Å²) in [5.74, 6) is 0.597. The van der Waals surface area contributed by atoms with Gasteiger partial charge in [0.2, 0.25) is 0 Å². The first-order chi connectivity index (χ1) is 13.2. The highest BCUT2D eigenvalue weighted by atomic mass is 35.5. The van der Waals surface area contributed by atoms with Crippen LogP contribution in [0.3, 0.4) is 0 Å². The van der Waals surface area contributed by atoms with Gasteiger partial charge in [0, 0.05) is 6.26 Å². The van der Waals surface area contributed by atoms with Gasteiger partial charge in [-0.1, -0.05) is 31.0 Å². The van der Waals surface area contributed by atoms with Crippen LogP contribution in [0.15, 0.2) is 23.2 Å². The van der Waals surface area contributed by atoms with E-state index < -0.39 is 21.8 Å². The van der Waals surface area contributed by atoms with Crippen LogP contribution in [0.1, 0.15) is 62.2 Å². The summed E-state index contributed by atoms with van der Waals surface area (Å²) in [4.78, 5) is 7.34. The molecule has 1 unspecified atom stereocenters. The number of ether oxygens (including phenoxy) is 1. The minimum atomic E-state index is -3.47. The molecule has 1 atom stereocenters. The van der Waals surface area contributed by atoms with Gasteiger partial charge in [0.05, 0.1) is 16.8 Å². The van der Waals surface area contributed by atoms with Crippen LogP contribution in [0.25, 0.3) is 0 Å². The van der Waals surface area contributed by atoms with Crippen molar-refractivity contribution in [1.82, 2.24) is 9.97 Å². The highest BCUT2D eigenvalue weighted by Gasteiger charge is 2.29. The van der Waals surface area contributed by atoms with Gasteiger partial charge in [0.15, 0.2) is 14.9 Å². The fraction of sp³-hybridized carbons (Fsp3) is 0.550. The van der Waals surface area contributed by atoms with Crippen LogP contribution in [0.4, 0.5) is 4.39 Å². The molecule has 0 aliphatic heterocycles. The van der Waals surface area contributed by atoms with Crippen LogP contribution < -0.4 is 0 Å². The molecule has 1 aliphatic rings. The average Bonchev–Trinajstić information content (AvgIpc) is 3.04. The third kappa shape index (κ3) is 4.75. The predicted molar refractivity (Wildman–Crippen MR) is 107 cm³/mol. The highest BCUT2D eigenvalue weighted by molar-refractivity contribution is 7.90. The summed E-state index contributed by atoms with van der Waals surface area (Å²) in [5.41, 5.74) is 1.09. The smallest absolute Gasteiger partial charge is 0.194 e. The standard InChI is InChI=1S/C20H26ClFN2O3S/c1-4-13-5-8-15(9-6-13)27-18(14-7-10-17(22)16(21)11-14)19-23-12(2)20(24-19)28(3,25)26/h7,10-11,13,15,18H,4-6,8-9H2,1-3H3,(H,23,24). The number of aromatic amines is 1. The van der Waals surface area contributed by atoms with Crippen molar-refractivity contribution in [2.75, 3.05) is 6.26 Å². The van der Waals surface area contributed by atoms with Crippen LogP contribution in [0, 0.1) is 18.7 Å². The zero-order valence-corrected chi connectivity index (χ0v) is 17.9. The second-order valence-corrected chi connectivity index (χ2v) is 9.90. The van der Waals surface area contributed by atoms with Gasteiger partial charge in [-0.05, 0) is 56.2 Å². The maximum absolute atomic E-state index is 13.7. The van der Waals surface area contributed by atoms with Crippen molar-refractivity contribution in [1.29, 1.82) is 0 Å². The van der Waals surface area contributed by atoms with Crippen LogP contribution >= 0.6 is 11.6 Å². The van der Waals surface area contributed by atoms with Crippen molar-refractivity contribution in [3.05, 3.63) is 46.1 Å². The van der Waals surface area contributed by atoms with E-state index in [1.165, 1.54) is 18.6 Å². The summed E-state index contributed by atoms with van der Waals surface area (Å²) in [7, 11) is -3.47. The van der Waals surface area contributed by atoms with E-state index in [-0.39, 0.29) is 16.2 Å². The van der Waals surface area contributed by atoms with Crippen molar-refractivity contribution in [2.24, 2.45) is 5.92 Å². The number of rotatable bonds is 6. The maximum Gasteiger partial charge on any atom is 0.194 e. The zero-order valence-electron chi connectivity index (χ0n) is 16.3. The van der Waals surface area contributed by atoms with Gasteiger partial charge in [-0.25, -0.2) is 17.8 Å². The number of hydrogen-bond acceptors (Lipinski definition) is 4. The lowest BCUT2D eigenvalue weighted by atomic mass is 9.85. The Morgan fingerprint density at radius 3 is 2.54 bits per heavy atom. The number of hydrogen-bond donors (Lipinski definition) is 1. The molecular weight excluding hydrogens is 403 g/mol. The van der Waals surface area contributed by atoms with Gasteiger partial charge < -0.3 is 9.72 Å². The topological polar surface area (TPSA) is 72.0 Å². The molecule has 1 aliphatic carbocycles. The summed E-state index contributed by atoms with van der Waals surface area (Å²) in [5, 5.41) is -0.00796. The molecule has 1 heterocycles. The molecule has 1 fully saturated rings. The number of nitrogens with zero attached hydrogens (tertiary/aromatic N) is 1. The molecule has 1 saturated carbocycles. The van der Waals surface area contributed by atoms with Crippen molar-refractivity contribution in [3.8, 4) is 0 Å². The summed E-state index contributed by atoms with van der Waals surface area (Å²) in [6.45, 7) is 3.86. The van der Waals surface area contributed by atoms with E-state index in [0.29, 0.717) is 17.1 Å². The first kappa shape index (κ1) is 21.3. The molecule has 5 nitrogen and oxygen atoms in total. The molecule has 0 spiro atoms. The molecular formula is C20H26ClFN2O3S. The van der Waals surface area contributed by atoms with Gasteiger partial charge in [0.1, 0.15) is 17.7 Å². The monoisotopic (exact) mass is 428 g/mol. The Morgan fingerprint density at radius 1 is 1.32 bits per heavy atom. The first-order valence-electron chi connectivity index (χ1n) is 9.56. The van der Waals surface area contributed by atoms with Gasteiger partial charge in [0.25, 0.3) is 0 Å². The van der Waals surface area contributed by atoms with Crippen LogP contribution in [-0.2, 0) is 14.6 Å². The number of imidazole rings is 1. The van der Waals surface area contributed by atoms with Crippen LogP contribution in [0.2, 0.25) is 5.02 Å². The molecule has 154 valence electrons. The molecule has 0 radical (unpaired) electrons. The summed E-state index contributed by atoms with van der Waals surface area (Å²) >= 11 is 5.98. The fourth-order valence-corrected chi connectivity index (χ4v) is 4.86. The lowest BCUT2D eigenvalue weighted by molar-refractivity contribution is -0.0233. The molecule has 1 aromatic heterocycles. The van der Waals surface area contributed by atoms with Crippen molar-refractivity contribution >= 4 is 21.4 Å². The third-order valence-electron chi connectivity index (χ3n) is 5.40. The summed E-state index contributed by atoms with van der Waals surface area (Å²) in [6.07, 6.45) is 5.74. The minimum absolute atomic E-state index is 0.000926. The number of benzene rings is 1. The number of aromatic nitrogens is 2. The van der Waals surface area contributed by atoms with E-state index in [0.717, 1.165) is 37.9 Å². The van der Waals surface area contributed by atoms with E-state index in [4.69, 9.17) is 16.3 Å². The largest absolute Gasteiger partial charge is 0.362 e. The van der Waals surface area contributed by atoms with E-state index in [2.05, 4.69) is 16.9 Å². The normalized spacial score (nSPS) is 21.6. The fourth-order valence-electron chi connectivity index (χ4n) is 3.80. The molecule has 0 saturated heterocycles. The SMILES string of the molecule is CCC1CCC(OC(c2ccc(F)c(Cl)c2)c2nc(S(C)(=O)=O)c(C)[nH]2)CC1. The Hall–Kier alpha value is -1.44. The molecule has 0 amide bonds. The Balaban J connectivity index is 1.94. The number of nitrogens with one attached hydrogen (secondary N) is 1. The Morgan fingerprint density at radius 2 is 2.00 bits per heavy atom.